The van der Waals surface area contributed by atoms with Gasteiger partial charge in [0.25, 0.3) is 0 Å². The second-order valence-electron chi connectivity index (χ2n) is 2.98. The molecule has 0 fully saturated rings. The first-order chi connectivity index (χ1) is 6.18. The fraction of sp³-hybridized carbons (Fsp3) is 0.100. The highest BCUT2D eigenvalue weighted by Gasteiger charge is 2.03. The van der Waals surface area contributed by atoms with Gasteiger partial charge in [0, 0.05) is 10.8 Å². The Morgan fingerprint density at radius 2 is 2.08 bits per heavy atom. The molecule has 0 aliphatic carbocycles. The van der Waals surface area contributed by atoms with Crippen molar-refractivity contribution in [1.29, 1.82) is 0 Å². The second kappa shape index (κ2) is 3.00. The molecular formula is C10H8BrNO. The molecule has 13 heavy (non-hydrogen) atoms. The summed E-state index contributed by atoms with van der Waals surface area (Å²) in [5.74, 6) is 0.221. The molecule has 0 saturated heterocycles. The summed E-state index contributed by atoms with van der Waals surface area (Å²) in [7, 11) is 0. The van der Waals surface area contributed by atoms with Crippen molar-refractivity contribution >= 4 is 26.7 Å². The Morgan fingerprint density at radius 3 is 2.85 bits per heavy atom. The molecule has 0 spiro atoms. The van der Waals surface area contributed by atoms with E-state index < -0.39 is 0 Å². The zero-order chi connectivity index (χ0) is 9.42. The Morgan fingerprint density at radius 1 is 1.31 bits per heavy atom. The molecule has 2 rings (SSSR count). The molecule has 1 heterocycles. The molecule has 0 aliphatic heterocycles. The van der Waals surface area contributed by atoms with Crippen LogP contribution in [-0.2, 0) is 0 Å². The lowest BCUT2D eigenvalue weighted by Gasteiger charge is -2.02. The van der Waals surface area contributed by atoms with Crippen molar-refractivity contribution in [3.05, 3.63) is 34.6 Å². The van der Waals surface area contributed by atoms with Crippen molar-refractivity contribution < 1.29 is 5.11 Å². The quantitative estimate of drug-likeness (QED) is 0.715. The maximum absolute atomic E-state index is 9.50. The smallest absolute Gasteiger partial charge is 0.141 e. The number of nitrogens with zero attached hydrogens (tertiary/aromatic N) is 1. The molecule has 2 nitrogen and oxygen atoms in total. The van der Waals surface area contributed by atoms with Gasteiger partial charge in [0.2, 0.25) is 0 Å². The van der Waals surface area contributed by atoms with Crippen molar-refractivity contribution in [3.8, 4) is 5.75 Å². The molecule has 0 amide bonds. The first kappa shape index (κ1) is 8.51. The largest absolute Gasteiger partial charge is 0.506 e. The van der Waals surface area contributed by atoms with Crippen LogP contribution in [0, 0.1) is 6.92 Å². The van der Waals surface area contributed by atoms with E-state index in [0.717, 1.165) is 20.9 Å². The lowest BCUT2D eigenvalue weighted by molar-refractivity contribution is 0.479. The first-order valence-electron chi connectivity index (χ1n) is 3.92. The summed E-state index contributed by atoms with van der Waals surface area (Å²) in [5, 5.41) is 11.3. The summed E-state index contributed by atoms with van der Waals surface area (Å²) in [6, 6.07) is 5.85. The van der Waals surface area contributed by atoms with Crippen molar-refractivity contribution in [2.45, 2.75) is 6.92 Å². The SMILES string of the molecule is Cc1ccc2c(O)cnc(Br)c2c1. The third-order valence-corrected chi connectivity index (χ3v) is 2.61. The van der Waals surface area contributed by atoms with Gasteiger partial charge in [-0.15, -0.1) is 0 Å². The van der Waals surface area contributed by atoms with Crippen LogP contribution in [0.5, 0.6) is 5.75 Å². The van der Waals surface area contributed by atoms with Gasteiger partial charge in [0.05, 0.1) is 6.20 Å². The van der Waals surface area contributed by atoms with Crippen LogP contribution in [0.2, 0.25) is 0 Å². The number of hydrogen-bond acceptors (Lipinski definition) is 2. The van der Waals surface area contributed by atoms with Gasteiger partial charge in [-0.1, -0.05) is 17.7 Å². The number of aromatic hydroxyl groups is 1. The topological polar surface area (TPSA) is 33.1 Å². The van der Waals surface area contributed by atoms with E-state index in [1.54, 1.807) is 0 Å². The highest BCUT2D eigenvalue weighted by molar-refractivity contribution is 9.10. The van der Waals surface area contributed by atoms with Gasteiger partial charge >= 0.3 is 0 Å². The second-order valence-corrected chi connectivity index (χ2v) is 3.73. The van der Waals surface area contributed by atoms with E-state index in [0.29, 0.717) is 0 Å². The molecule has 0 aliphatic rings. The third-order valence-electron chi connectivity index (χ3n) is 1.97. The lowest BCUT2D eigenvalue weighted by atomic mass is 10.1. The van der Waals surface area contributed by atoms with Gasteiger partial charge in [0.15, 0.2) is 0 Å². The number of fused-ring (bicyclic) bond motifs is 1. The normalized spacial score (nSPS) is 10.6. The summed E-state index contributed by atoms with van der Waals surface area (Å²) < 4.78 is 0.768. The van der Waals surface area contributed by atoms with Crippen molar-refractivity contribution in [2.24, 2.45) is 0 Å². The van der Waals surface area contributed by atoms with Gasteiger partial charge in [-0.2, -0.15) is 0 Å². The van der Waals surface area contributed by atoms with Gasteiger partial charge in [0.1, 0.15) is 10.4 Å². The number of rotatable bonds is 0. The average Bonchev–Trinajstić information content (AvgIpc) is 2.12. The van der Waals surface area contributed by atoms with E-state index in [1.807, 2.05) is 25.1 Å². The number of halogens is 1. The third kappa shape index (κ3) is 1.40. The monoisotopic (exact) mass is 237 g/mol. The molecule has 0 unspecified atom stereocenters. The number of pyridine rings is 1. The average molecular weight is 238 g/mol. The Hall–Kier alpha value is -1.09. The Labute approximate surface area is 84.4 Å². The molecule has 3 heteroatoms. The fourth-order valence-corrected chi connectivity index (χ4v) is 1.74. The van der Waals surface area contributed by atoms with Crippen molar-refractivity contribution in [2.75, 3.05) is 0 Å². The molecular weight excluding hydrogens is 230 g/mol. The maximum Gasteiger partial charge on any atom is 0.141 e. The van der Waals surface area contributed by atoms with E-state index in [2.05, 4.69) is 20.9 Å². The highest BCUT2D eigenvalue weighted by atomic mass is 79.9. The standard InChI is InChI=1S/C10H8BrNO/c1-6-2-3-7-8(4-6)10(11)12-5-9(7)13/h2-5,13H,1H3. The fourth-order valence-electron chi connectivity index (χ4n) is 1.31. The molecule has 0 atom stereocenters. The molecule has 66 valence electrons. The van der Waals surface area contributed by atoms with E-state index in [1.165, 1.54) is 6.20 Å². The van der Waals surface area contributed by atoms with E-state index in [9.17, 15) is 5.11 Å². The van der Waals surface area contributed by atoms with E-state index >= 15 is 0 Å². The summed E-state index contributed by atoms with van der Waals surface area (Å²) in [5.41, 5.74) is 1.15. The minimum absolute atomic E-state index is 0.221. The Bertz CT molecular complexity index is 468. The first-order valence-corrected chi connectivity index (χ1v) is 4.71. The molecule has 1 aromatic heterocycles. The summed E-state index contributed by atoms with van der Waals surface area (Å²) in [6.07, 6.45) is 1.45. The summed E-state index contributed by atoms with van der Waals surface area (Å²) >= 11 is 3.34. The minimum Gasteiger partial charge on any atom is -0.506 e. The molecule has 1 N–H and O–H groups in total. The van der Waals surface area contributed by atoms with E-state index in [4.69, 9.17) is 0 Å². The minimum atomic E-state index is 0.221. The number of aryl methyl sites for hydroxylation is 1. The summed E-state index contributed by atoms with van der Waals surface area (Å²) in [4.78, 5) is 4.01. The van der Waals surface area contributed by atoms with Crippen LogP contribution in [0.1, 0.15) is 5.56 Å². The van der Waals surface area contributed by atoms with Gasteiger partial charge in [-0.25, -0.2) is 4.98 Å². The van der Waals surface area contributed by atoms with Gasteiger partial charge in [-0.05, 0) is 28.9 Å². The van der Waals surface area contributed by atoms with Gasteiger partial charge in [-0.3, -0.25) is 0 Å². The predicted molar refractivity (Wildman–Crippen MR) is 55.8 cm³/mol. The summed E-state index contributed by atoms with van der Waals surface area (Å²) in [6.45, 7) is 2.01. The lowest BCUT2D eigenvalue weighted by Crippen LogP contribution is -1.81. The number of benzene rings is 1. The Kier molecular flexibility index (Phi) is 1.96. The molecule has 0 saturated carbocycles. The zero-order valence-corrected chi connectivity index (χ0v) is 8.67. The van der Waals surface area contributed by atoms with E-state index in [-0.39, 0.29) is 5.75 Å². The van der Waals surface area contributed by atoms with Crippen LogP contribution in [-0.4, -0.2) is 10.1 Å². The van der Waals surface area contributed by atoms with Gasteiger partial charge < -0.3 is 5.11 Å². The maximum atomic E-state index is 9.50. The van der Waals surface area contributed by atoms with Crippen molar-refractivity contribution in [3.63, 3.8) is 0 Å². The number of hydrogen-bond donors (Lipinski definition) is 1. The van der Waals surface area contributed by atoms with Crippen LogP contribution < -0.4 is 0 Å². The molecule has 2 aromatic rings. The molecule has 1 aromatic carbocycles. The highest BCUT2D eigenvalue weighted by Crippen LogP contribution is 2.29. The van der Waals surface area contributed by atoms with Crippen LogP contribution in [0.3, 0.4) is 0 Å². The zero-order valence-electron chi connectivity index (χ0n) is 7.08. The van der Waals surface area contributed by atoms with Crippen molar-refractivity contribution in [1.82, 2.24) is 4.98 Å². The Balaban J connectivity index is 2.92. The molecule has 0 bridgehead atoms. The molecule has 0 radical (unpaired) electrons. The van der Waals surface area contributed by atoms with Crippen LogP contribution in [0.25, 0.3) is 10.8 Å². The predicted octanol–water partition coefficient (Wildman–Crippen LogP) is 3.01. The van der Waals surface area contributed by atoms with Crippen LogP contribution >= 0.6 is 15.9 Å². The van der Waals surface area contributed by atoms with Crippen LogP contribution in [0.15, 0.2) is 29.0 Å². The number of aromatic nitrogens is 1. The van der Waals surface area contributed by atoms with Crippen LogP contribution in [0.4, 0.5) is 0 Å².